The first-order valence-electron chi connectivity index (χ1n) is 15.7. The predicted octanol–water partition coefficient (Wildman–Crippen LogP) is 4.44. The molecule has 4 heterocycles. The van der Waals surface area contributed by atoms with Gasteiger partial charge in [-0.15, -0.1) is 0 Å². The van der Waals surface area contributed by atoms with Crippen LogP contribution in [0.2, 0.25) is 0 Å². The van der Waals surface area contributed by atoms with Crippen molar-refractivity contribution in [2.75, 3.05) is 79.8 Å². The normalized spacial score (nSPS) is 21.0. The molecule has 0 atom stereocenters. The summed E-state index contributed by atoms with van der Waals surface area (Å²) in [6, 6.07) is 9.47. The number of aromatic nitrogens is 2. The summed E-state index contributed by atoms with van der Waals surface area (Å²) in [6.07, 6.45) is 14.2. The van der Waals surface area contributed by atoms with Gasteiger partial charge in [0.2, 0.25) is 0 Å². The molecule has 2 aliphatic carbocycles. The number of nitrogens with two attached hydrogens (primary N) is 1. The van der Waals surface area contributed by atoms with Crippen molar-refractivity contribution < 1.29 is 9.53 Å². The van der Waals surface area contributed by atoms with Gasteiger partial charge >= 0.3 is 6.09 Å². The molecule has 41 heavy (non-hydrogen) atoms. The lowest BCUT2D eigenvalue weighted by Gasteiger charge is -2.38. The Balaban J connectivity index is 0.000000169. The zero-order valence-corrected chi connectivity index (χ0v) is 24.7. The molecule has 4 aliphatic rings. The minimum absolute atomic E-state index is 0.364. The van der Waals surface area contributed by atoms with Crippen molar-refractivity contribution in [3.05, 3.63) is 36.7 Å². The van der Waals surface area contributed by atoms with Crippen LogP contribution < -0.4 is 20.9 Å². The summed E-state index contributed by atoms with van der Waals surface area (Å²) in [4.78, 5) is 30.3. The molecule has 2 aromatic rings. The molecule has 0 bridgehead atoms. The molecule has 0 aromatic carbocycles. The smallest absolute Gasteiger partial charge is 0.411 e. The van der Waals surface area contributed by atoms with Crippen LogP contribution in [0.1, 0.15) is 58.3 Å². The highest BCUT2D eigenvalue weighted by Crippen LogP contribution is 2.26. The Morgan fingerprint density at radius 3 is 1.68 bits per heavy atom. The van der Waals surface area contributed by atoms with E-state index in [1.54, 1.807) is 19.3 Å². The summed E-state index contributed by atoms with van der Waals surface area (Å²) >= 11 is 0. The number of anilines is 4. The van der Waals surface area contributed by atoms with Crippen molar-refractivity contribution in [2.45, 2.75) is 70.4 Å². The first-order valence-corrected chi connectivity index (χ1v) is 15.7. The number of pyridine rings is 2. The van der Waals surface area contributed by atoms with Crippen LogP contribution in [0.25, 0.3) is 0 Å². The van der Waals surface area contributed by atoms with Gasteiger partial charge in [0, 0.05) is 64.4 Å². The summed E-state index contributed by atoms with van der Waals surface area (Å²) in [7, 11) is 0. The lowest BCUT2D eigenvalue weighted by Crippen LogP contribution is -2.49. The van der Waals surface area contributed by atoms with Crippen molar-refractivity contribution in [1.82, 2.24) is 19.8 Å². The Bertz CT molecular complexity index is 1050. The number of piperazine rings is 2. The largest absolute Gasteiger partial charge is 0.450 e. The van der Waals surface area contributed by atoms with E-state index in [-0.39, 0.29) is 0 Å². The van der Waals surface area contributed by atoms with Gasteiger partial charge in [0.25, 0.3) is 0 Å². The second-order valence-corrected chi connectivity index (χ2v) is 11.6. The van der Waals surface area contributed by atoms with Crippen LogP contribution in [0.15, 0.2) is 36.7 Å². The van der Waals surface area contributed by atoms with E-state index >= 15 is 0 Å². The maximum Gasteiger partial charge on any atom is 0.411 e. The molecule has 2 saturated carbocycles. The van der Waals surface area contributed by atoms with Crippen molar-refractivity contribution in [1.29, 1.82) is 0 Å². The van der Waals surface area contributed by atoms with E-state index in [9.17, 15) is 4.79 Å². The third kappa shape index (κ3) is 8.23. The van der Waals surface area contributed by atoms with E-state index in [1.807, 2.05) is 24.3 Å². The summed E-state index contributed by atoms with van der Waals surface area (Å²) in [5.74, 6) is 2.04. The molecule has 4 fully saturated rings. The fourth-order valence-corrected chi connectivity index (χ4v) is 6.69. The molecule has 2 aromatic heterocycles. The van der Waals surface area contributed by atoms with Gasteiger partial charge in [0.15, 0.2) is 0 Å². The molecular weight excluding hydrogens is 516 g/mol. The molecule has 0 spiro atoms. The second-order valence-electron chi connectivity index (χ2n) is 11.6. The number of rotatable bonds is 6. The van der Waals surface area contributed by atoms with Crippen LogP contribution in [0.4, 0.5) is 27.8 Å². The number of nitrogen functional groups attached to an aromatic ring is 1. The molecule has 1 amide bonds. The van der Waals surface area contributed by atoms with Gasteiger partial charge in [-0.2, -0.15) is 0 Å². The maximum absolute atomic E-state index is 11.4. The van der Waals surface area contributed by atoms with Crippen molar-refractivity contribution >= 4 is 29.1 Å². The van der Waals surface area contributed by atoms with Gasteiger partial charge in [-0.05, 0) is 56.9 Å². The van der Waals surface area contributed by atoms with Gasteiger partial charge in [-0.3, -0.25) is 15.1 Å². The number of amides is 1. The lowest BCUT2D eigenvalue weighted by atomic mass is 10.2. The third-order valence-electron chi connectivity index (χ3n) is 9.00. The molecule has 224 valence electrons. The van der Waals surface area contributed by atoms with E-state index in [2.05, 4.69) is 34.9 Å². The highest BCUT2D eigenvalue weighted by Gasteiger charge is 2.27. The van der Waals surface area contributed by atoms with Gasteiger partial charge in [-0.1, -0.05) is 25.7 Å². The predicted molar refractivity (Wildman–Crippen MR) is 166 cm³/mol. The maximum atomic E-state index is 11.4. The average Bonchev–Trinajstić information content (AvgIpc) is 3.75. The fraction of sp³-hybridized carbons (Fsp3) is 0.645. The van der Waals surface area contributed by atoms with E-state index < -0.39 is 6.09 Å². The molecule has 2 aliphatic heterocycles. The molecule has 0 radical (unpaired) electrons. The molecule has 6 rings (SSSR count). The van der Waals surface area contributed by atoms with Gasteiger partial charge in [-0.25, -0.2) is 14.8 Å². The van der Waals surface area contributed by atoms with Crippen molar-refractivity contribution in [3.63, 3.8) is 0 Å². The van der Waals surface area contributed by atoms with Crippen LogP contribution in [0.3, 0.4) is 0 Å². The Morgan fingerprint density at radius 1 is 0.780 bits per heavy atom. The highest BCUT2D eigenvalue weighted by atomic mass is 16.5. The minimum atomic E-state index is -0.438. The average molecular weight is 565 g/mol. The number of hydrogen-bond acceptors (Lipinski definition) is 9. The first kappa shape index (κ1) is 29.4. The molecule has 2 saturated heterocycles. The van der Waals surface area contributed by atoms with Crippen LogP contribution in [0.5, 0.6) is 0 Å². The standard InChI is InChI=1S/C17H26N4O2.C14H22N4/c1-2-23-17(22)19-14-7-8-16(18-13-14)21-11-9-20(10-12-21)15-5-3-4-6-15;15-12-5-6-14(16-11-12)18-9-7-17(8-10-18)13-3-1-2-4-13/h7-8,13,15H,2-6,9-12H2,1H3,(H,19,22);5-6,11,13H,1-4,7-10,15H2. The summed E-state index contributed by atoms with van der Waals surface area (Å²) in [6.45, 7) is 11.0. The lowest BCUT2D eigenvalue weighted by molar-refractivity contribution is 0.168. The van der Waals surface area contributed by atoms with E-state index in [1.165, 1.54) is 64.5 Å². The number of nitrogens with one attached hydrogen (secondary N) is 1. The third-order valence-corrected chi connectivity index (χ3v) is 9.00. The summed E-state index contributed by atoms with van der Waals surface area (Å²) in [5.41, 5.74) is 7.07. The van der Waals surface area contributed by atoms with Crippen LogP contribution in [-0.2, 0) is 4.74 Å². The monoisotopic (exact) mass is 564 g/mol. The van der Waals surface area contributed by atoms with E-state index in [4.69, 9.17) is 10.5 Å². The van der Waals surface area contributed by atoms with Crippen LogP contribution in [0, 0.1) is 0 Å². The Morgan fingerprint density at radius 2 is 1.27 bits per heavy atom. The Labute approximate surface area is 245 Å². The van der Waals surface area contributed by atoms with E-state index in [0.29, 0.717) is 12.3 Å². The fourth-order valence-electron chi connectivity index (χ4n) is 6.69. The van der Waals surface area contributed by atoms with E-state index in [0.717, 1.165) is 68.7 Å². The first-order chi connectivity index (χ1) is 20.1. The quantitative estimate of drug-likeness (QED) is 0.527. The van der Waals surface area contributed by atoms with Gasteiger partial charge < -0.3 is 20.3 Å². The topological polar surface area (TPSA) is 103 Å². The van der Waals surface area contributed by atoms with Crippen LogP contribution in [-0.4, -0.2) is 96.9 Å². The number of nitrogens with zero attached hydrogens (tertiary/aromatic N) is 6. The molecule has 0 unspecified atom stereocenters. The molecular formula is C31H48N8O2. The zero-order chi connectivity index (χ0) is 28.4. The number of carbonyl (C=O) groups is 1. The number of ether oxygens (including phenoxy) is 1. The zero-order valence-electron chi connectivity index (χ0n) is 24.7. The molecule has 10 nitrogen and oxygen atoms in total. The molecule has 10 heteroatoms. The van der Waals surface area contributed by atoms with Crippen LogP contribution >= 0.6 is 0 Å². The number of carbonyl (C=O) groups excluding carboxylic acids is 1. The number of hydrogen-bond donors (Lipinski definition) is 2. The summed E-state index contributed by atoms with van der Waals surface area (Å²) in [5, 5.41) is 2.67. The SMILES string of the molecule is CCOC(=O)Nc1ccc(N2CCN(C3CCCC3)CC2)nc1.Nc1ccc(N2CCN(C3CCCC3)CC2)nc1. The van der Waals surface area contributed by atoms with Crippen molar-refractivity contribution in [2.24, 2.45) is 0 Å². The summed E-state index contributed by atoms with van der Waals surface area (Å²) < 4.78 is 4.86. The van der Waals surface area contributed by atoms with Crippen molar-refractivity contribution in [3.8, 4) is 0 Å². The highest BCUT2D eigenvalue weighted by molar-refractivity contribution is 5.84. The van der Waals surface area contributed by atoms with Gasteiger partial charge in [0.05, 0.1) is 30.4 Å². The minimum Gasteiger partial charge on any atom is -0.450 e. The molecule has 3 N–H and O–H groups in total. The second kappa shape index (κ2) is 14.7. The Kier molecular flexibility index (Phi) is 10.5. The van der Waals surface area contributed by atoms with Gasteiger partial charge in [0.1, 0.15) is 11.6 Å². The Hall–Kier alpha value is -3.11.